The van der Waals surface area contributed by atoms with Crippen LogP contribution in [0.1, 0.15) is 6.92 Å². The van der Waals surface area contributed by atoms with Gasteiger partial charge < -0.3 is 0 Å². The van der Waals surface area contributed by atoms with Crippen LogP contribution in [0.2, 0.25) is 0 Å². The lowest BCUT2D eigenvalue weighted by Gasteiger charge is -1.76. The second kappa shape index (κ2) is 2.82. The van der Waals surface area contributed by atoms with Gasteiger partial charge in [0.1, 0.15) is 0 Å². The topological polar surface area (TPSA) is 0 Å². The normalized spacial score (nSPS) is 11.3. The highest BCUT2D eigenvalue weighted by atomic mass is 19.3. The van der Waals surface area contributed by atoms with E-state index in [0.717, 1.165) is 0 Å². The van der Waals surface area contributed by atoms with Crippen LogP contribution in [0.25, 0.3) is 0 Å². The molecule has 0 rings (SSSR count). The van der Waals surface area contributed by atoms with E-state index in [1.165, 1.54) is 13.0 Å². The van der Waals surface area contributed by atoms with E-state index in [9.17, 15) is 8.78 Å². The Morgan fingerprint density at radius 1 is 1.67 bits per heavy atom. The molecule has 6 heavy (non-hydrogen) atoms. The Hall–Kier alpha value is -0.400. The fraction of sp³-hybridized carbons (Fsp3) is 0.500. The third-order valence-corrected chi connectivity index (χ3v) is 0.293. The van der Waals surface area contributed by atoms with E-state index in [1.807, 2.05) is 0 Å². The number of hydrogen-bond acceptors (Lipinski definition) is 0. The van der Waals surface area contributed by atoms with Gasteiger partial charge in [-0.15, -0.1) is 0 Å². The largest absolute Gasteiger partial charge is 0.263 e. The van der Waals surface area contributed by atoms with Crippen LogP contribution in [-0.4, -0.2) is 6.43 Å². The van der Waals surface area contributed by atoms with Crippen molar-refractivity contribution in [2.45, 2.75) is 13.3 Å². The van der Waals surface area contributed by atoms with Gasteiger partial charge in [0.05, 0.1) is 0 Å². The Balaban J connectivity index is 3.03. The van der Waals surface area contributed by atoms with E-state index in [-0.39, 0.29) is 0 Å². The summed E-state index contributed by atoms with van der Waals surface area (Å²) in [6.07, 6.45) is 0.542. The lowest BCUT2D eigenvalue weighted by Crippen LogP contribution is -1.78. The average Bonchev–Trinajstić information content (AvgIpc) is 1.35. The highest BCUT2D eigenvalue weighted by Gasteiger charge is 1.88. The van der Waals surface area contributed by atoms with E-state index >= 15 is 0 Å². The molecule has 0 amide bonds. The lowest BCUT2D eigenvalue weighted by atomic mass is 10.6. The summed E-state index contributed by atoms with van der Waals surface area (Å²) in [5.41, 5.74) is 0. The van der Waals surface area contributed by atoms with Gasteiger partial charge in [-0.2, -0.15) is 0 Å². The maximum absolute atomic E-state index is 10.9. The van der Waals surface area contributed by atoms with Gasteiger partial charge in [-0.05, 0) is 6.92 Å². The average molecular weight is 91.1 g/mol. The summed E-state index contributed by atoms with van der Waals surface area (Å²) in [4.78, 5) is 0. The summed E-state index contributed by atoms with van der Waals surface area (Å²) in [6.45, 7) is 1.51. The van der Waals surface area contributed by atoms with Gasteiger partial charge in [0, 0.05) is 6.08 Å². The summed E-state index contributed by atoms with van der Waals surface area (Å²) >= 11 is 0. The number of alkyl halides is 2. The maximum Gasteiger partial charge on any atom is 0.263 e. The molecule has 1 radical (unpaired) electrons. The van der Waals surface area contributed by atoms with Gasteiger partial charge in [0.25, 0.3) is 6.43 Å². The third kappa shape index (κ3) is 3.60. The SMILES string of the molecule is CC=[C]C(F)F. The van der Waals surface area contributed by atoms with Crippen molar-refractivity contribution in [1.29, 1.82) is 0 Å². The van der Waals surface area contributed by atoms with Gasteiger partial charge in [0.15, 0.2) is 0 Å². The van der Waals surface area contributed by atoms with E-state index in [1.54, 1.807) is 6.08 Å². The maximum atomic E-state index is 10.9. The molecule has 0 aromatic heterocycles. The summed E-state index contributed by atoms with van der Waals surface area (Å²) in [6, 6.07) is 0. The predicted molar refractivity (Wildman–Crippen MR) is 19.5 cm³/mol. The number of hydrogen-bond donors (Lipinski definition) is 0. The van der Waals surface area contributed by atoms with Crippen LogP contribution in [0.3, 0.4) is 0 Å². The van der Waals surface area contributed by atoms with Crippen molar-refractivity contribution in [1.82, 2.24) is 0 Å². The molecule has 0 aromatic rings. The number of rotatable bonds is 1. The van der Waals surface area contributed by atoms with Crippen molar-refractivity contribution in [3.63, 3.8) is 0 Å². The molecular formula is C4H5F2. The van der Waals surface area contributed by atoms with Crippen LogP contribution in [0.15, 0.2) is 6.08 Å². The first-order chi connectivity index (χ1) is 2.77. The van der Waals surface area contributed by atoms with Crippen LogP contribution in [0, 0.1) is 6.08 Å². The molecule has 0 atom stereocenters. The molecule has 0 unspecified atom stereocenters. The molecule has 2 heteroatoms. The van der Waals surface area contributed by atoms with Crippen molar-refractivity contribution in [2.75, 3.05) is 0 Å². The fourth-order valence-corrected chi connectivity index (χ4v) is 0.126. The first kappa shape index (κ1) is 5.60. The Morgan fingerprint density at radius 3 is 2.17 bits per heavy atom. The van der Waals surface area contributed by atoms with Crippen LogP contribution in [0.4, 0.5) is 8.78 Å². The molecule has 0 aliphatic heterocycles. The van der Waals surface area contributed by atoms with Crippen LogP contribution >= 0.6 is 0 Å². The fourth-order valence-electron chi connectivity index (χ4n) is 0.126. The summed E-state index contributed by atoms with van der Waals surface area (Å²) in [5.74, 6) is 0. The van der Waals surface area contributed by atoms with Gasteiger partial charge in [0.2, 0.25) is 0 Å². The molecule has 0 nitrogen and oxygen atoms in total. The first-order valence-corrected chi connectivity index (χ1v) is 1.59. The first-order valence-electron chi connectivity index (χ1n) is 1.59. The van der Waals surface area contributed by atoms with Crippen LogP contribution < -0.4 is 0 Å². The van der Waals surface area contributed by atoms with E-state index in [0.29, 0.717) is 0 Å². The standard InChI is InChI=1S/C4H5F2/c1-2-3-4(5)6/h2,4H,1H3. The van der Waals surface area contributed by atoms with Gasteiger partial charge >= 0.3 is 0 Å². The minimum atomic E-state index is -2.41. The summed E-state index contributed by atoms with van der Waals surface area (Å²) in [5, 5.41) is 0. The Morgan fingerprint density at radius 2 is 2.17 bits per heavy atom. The second-order valence-corrected chi connectivity index (χ2v) is 0.756. The number of allylic oxidation sites excluding steroid dienone is 2. The molecule has 0 saturated carbocycles. The zero-order chi connectivity index (χ0) is 4.99. The minimum absolute atomic E-state index is 1.20. The number of halogens is 2. The highest BCUT2D eigenvalue weighted by Crippen LogP contribution is 1.89. The predicted octanol–water partition coefficient (Wildman–Crippen LogP) is 1.63. The van der Waals surface area contributed by atoms with Crippen molar-refractivity contribution >= 4 is 0 Å². The molecule has 0 aromatic carbocycles. The zero-order valence-corrected chi connectivity index (χ0v) is 3.41. The molecule has 0 heterocycles. The molecular weight excluding hydrogens is 86.0 g/mol. The summed E-state index contributed by atoms with van der Waals surface area (Å²) in [7, 11) is 0. The van der Waals surface area contributed by atoms with Crippen molar-refractivity contribution in [3.8, 4) is 0 Å². The third-order valence-electron chi connectivity index (χ3n) is 0.293. The molecule has 0 fully saturated rings. The minimum Gasteiger partial charge on any atom is -0.205 e. The second-order valence-electron chi connectivity index (χ2n) is 0.756. The molecule has 0 saturated heterocycles. The summed E-state index contributed by atoms with van der Waals surface area (Å²) < 4.78 is 21.8. The molecule has 0 N–H and O–H groups in total. The Labute approximate surface area is 35.5 Å². The van der Waals surface area contributed by atoms with Crippen molar-refractivity contribution in [3.05, 3.63) is 12.2 Å². The molecule has 0 aliphatic rings. The van der Waals surface area contributed by atoms with E-state index < -0.39 is 6.43 Å². The smallest absolute Gasteiger partial charge is 0.205 e. The van der Waals surface area contributed by atoms with Gasteiger partial charge in [-0.3, -0.25) is 0 Å². The van der Waals surface area contributed by atoms with Crippen molar-refractivity contribution in [2.24, 2.45) is 0 Å². The zero-order valence-electron chi connectivity index (χ0n) is 3.41. The monoisotopic (exact) mass is 91.0 g/mol. The molecule has 35 valence electrons. The van der Waals surface area contributed by atoms with Crippen molar-refractivity contribution < 1.29 is 8.78 Å². The molecule has 0 aliphatic carbocycles. The Kier molecular flexibility index (Phi) is 2.63. The highest BCUT2D eigenvalue weighted by molar-refractivity contribution is 4.68. The molecule has 0 bridgehead atoms. The quantitative estimate of drug-likeness (QED) is 0.460. The van der Waals surface area contributed by atoms with E-state index in [4.69, 9.17) is 0 Å². The lowest BCUT2D eigenvalue weighted by molar-refractivity contribution is 0.195. The molecule has 0 spiro atoms. The van der Waals surface area contributed by atoms with Crippen LogP contribution in [-0.2, 0) is 0 Å². The Bertz CT molecular complexity index is 47.5. The van der Waals surface area contributed by atoms with Gasteiger partial charge in [-0.25, -0.2) is 8.78 Å². The van der Waals surface area contributed by atoms with E-state index in [2.05, 4.69) is 0 Å². The van der Waals surface area contributed by atoms with Gasteiger partial charge in [-0.1, -0.05) is 6.08 Å². The van der Waals surface area contributed by atoms with Crippen LogP contribution in [0.5, 0.6) is 0 Å².